The van der Waals surface area contributed by atoms with Crippen LogP contribution in [0.1, 0.15) is 34.8 Å². The highest BCUT2D eigenvalue weighted by Crippen LogP contribution is 2.27. The maximum absolute atomic E-state index is 12.5. The predicted octanol–water partition coefficient (Wildman–Crippen LogP) is 3.17. The Labute approximate surface area is 158 Å². The van der Waals surface area contributed by atoms with Crippen LogP contribution in [0.3, 0.4) is 0 Å². The van der Waals surface area contributed by atoms with Crippen LogP contribution in [0.4, 0.5) is 5.69 Å². The fourth-order valence-electron chi connectivity index (χ4n) is 3.41. The van der Waals surface area contributed by atoms with Crippen LogP contribution in [0, 0.1) is 10.1 Å². The van der Waals surface area contributed by atoms with Crippen molar-refractivity contribution in [2.24, 2.45) is 0 Å². The summed E-state index contributed by atoms with van der Waals surface area (Å²) >= 11 is 0. The third kappa shape index (κ3) is 4.62. The molecular formula is C20H23N3O4. The maximum Gasteiger partial charge on any atom is 0.270 e. The summed E-state index contributed by atoms with van der Waals surface area (Å²) in [5, 5.41) is 13.9. The third-order valence-electron chi connectivity index (χ3n) is 4.84. The van der Waals surface area contributed by atoms with E-state index in [1.165, 1.54) is 18.2 Å². The summed E-state index contributed by atoms with van der Waals surface area (Å²) < 4.78 is 5.33. The van der Waals surface area contributed by atoms with Crippen molar-refractivity contribution in [3.05, 3.63) is 69.8 Å². The number of hydrogen-bond donors (Lipinski definition) is 1. The Bertz CT molecular complexity index is 818. The van der Waals surface area contributed by atoms with Crippen LogP contribution in [0.5, 0.6) is 5.75 Å². The van der Waals surface area contributed by atoms with Gasteiger partial charge in [-0.2, -0.15) is 0 Å². The number of non-ortho nitro benzene ring substituents is 1. The summed E-state index contributed by atoms with van der Waals surface area (Å²) in [6.07, 6.45) is 2.28. The van der Waals surface area contributed by atoms with Crippen molar-refractivity contribution in [3.63, 3.8) is 0 Å². The minimum Gasteiger partial charge on any atom is -0.497 e. The number of methoxy groups -OCH3 is 1. The van der Waals surface area contributed by atoms with Gasteiger partial charge in [0.2, 0.25) is 0 Å². The summed E-state index contributed by atoms with van der Waals surface area (Å²) in [4.78, 5) is 25.3. The number of likely N-dealkylation sites (tertiary alicyclic amines) is 1. The fourth-order valence-corrected chi connectivity index (χ4v) is 3.41. The average Bonchev–Trinajstić information content (AvgIpc) is 3.22. The zero-order chi connectivity index (χ0) is 19.2. The van der Waals surface area contributed by atoms with Gasteiger partial charge in [0.1, 0.15) is 5.75 Å². The number of ether oxygens (including phenoxy) is 1. The molecule has 1 N–H and O–H groups in total. The molecule has 2 aromatic rings. The zero-order valence-corrected chi connectivity index (χ0v) is 15.3. The van der Waals surface area contributed by atoms with Gasteiger partial charge < -0.3 is 10.1 Å². The third-order valence-corrected chi connectivity index (χ3v) is 4.84. The van der Waals surface area contributed by atoms with Crippen molar-refractivity contribution in [1.29, 1.82) is 0 Å². The molecule has 27 heavy (non-hydrogen) atoms. The molecule has 0 saturated carbocycles. The molecule has 1 heterocycles. The maximum atomic E-state index is 12.5. The lowest BCUT2D eigenvalue weighted by Crippen LogP contribution is -2.36. The number of carbonyl (C=O) groups excluding carboxylic acids is 1. The molecule has 1 unspecified atom stereocenters. The Balaban J connectivity index is 1.75. The number of nitro groups is 1. The van der Waals surface area contributed by atoms with E-state index in [4.69, 9.17) is 4.74 Å². The van der Waals surface area contributed by atoms with E-state index in [2.05, 4.69) is 10.2 Å². The normalized spacial score (nSPS) is 15.3. The summed E-state index contributed by atoms with van der Waals surface area (Å²) in [6.45, 7) is 2.39. The highest BCUT2D eigenvalue weighted by molar-refractivity contribution is 5.94. The van der Waals surface area contributed by atoms with Crippen LogP contribution >= 0.6 is 0 Å². The average molecular weight is 369 g/mol. The SMILES string of the molecule is COc1cccc(C(CNC(=O)c2cccc([N+](=O)[O-])c2)N2CCCC2)c1. The van der Waals surface area contributed by atoms with Gasteiger partial charge in [-0.15, -0.1) is 0 Å². The van der Waals surface area contributed by atoms with Crippen LogP contribution in [-0.2, 0) is 0 Å². The van der Waals surface area contributed by atoms with Gasteiger partial charge in [0.05, 0.1) is 18.1 Å². The number of nitro benzene ring substituents is 1. The molecular weight excluding hydrogens is 346 g/mol. The Kier molecular flexibility index (Phi) is 6.03. The zero-order valence-electron chi connectivity index (χ0n) is 15.3. The van der Waals surface area contributed by atoms with E-state index < -0.39 is 4.92 Å². The van der Waals surface area contributed by atoms with Gasteiger partial charge >= 0.3 is 0 Å². The largest absolute Gasteiger partial charge is 0.497 e. The molecule has 7 heteroatoms. The number of benzene rings is 2. The molecule has 0 aromatic heterocycles. The summed E-state index contributed by atoms with van der Waals surface area (Å²) in [6, 6.07) is 13.7. The van der Waals surface area contributed by atoms with Crippen LogP contribution in [0.2, 0.25) is 0 Å². The smallest absolute Gasteiger partial charge is 0.270 e. The lowest BCUT2D eigenvalue weighted by Gasteiger charge is -2.28. The van der Waals surface area contributed by atoms with Gasteiger partial charge in [0.15, 0.2) is 0 Å². The second-order valence-corrected chi connectivity index (χ2v) is 6.55. The fraction of sp³-hybridized carbons (Fsp3) is 0.350. The molecule has 1 aliphatic heterocycles. The van der Waals surface area contributed by atoms with Crippen molar-refractivity contribution in [2.45, 2.75) is 18.9 Å². The second kappa shape index (κ2) is 8.64. The molecule has 1 saturated heterocycles. The van der Waals surface area contributed by atoms with E-state index in [0.29, 0.717) is 6.54 Å². The molecule has 142 valence electrons. The molecule has 1 atom stereocenters. The van der Waals surface area contributed by atoms with Crippen LogP contribution in [0.25, 0.3) is 0 Å². The number of hydrogen-bond acceptors (Lipinski definition) is 5. The monoisotopic (exact) mass is 369 g/mol. The molecule has 7 nitrogen and oxygen atoms in total. The molecule has 3 rings (SSSR count). The second-order valence-electron chi connectivity index (χ2n) is 6.55. The van der Waals surface area contributed by atoms with E-state index in [-0.39, 0.29) is 23.2 Å². The lowest BCUT2D eigenvalue weighted by atomic mass is 10.0. The Morgan fingerprint density at radius 2 is 1.96 bits per heavy atom. The summed E-state index contributed by atoms with van der Waals surface area (Å²) in [7, 11) is 1.63. The molecule has 1 amide bonds. The number of amides is 1. The van der Waals surface area contributed by atoms with Gasteiger partial charge in [-0.3, -0.25) is 19.8 Å². The highest BCUT2D eigenvalue weighted by atomic mass is 16.6. The first-order valence-corrected chi connectivity index (χ1v) is 8.99. The standard InChI is InChI=1S/C20H23N3O4/c1-27-18-9-5-6-15(13-18)19(22-10-2-3-11-22)14-21-20(24)16-7-4-8-17(12-16)23(25)26/h4-9,12-13,19H,2-3,10-11,14H2,1H3,(H,21,24). The van der Waals surface area contributed by atoms with Crippen molar-refractivity contribution >= 4 is 11.6 Å². The van der Waals surface area contributed by atoms with Crippen LogP contribution in [0.15, 0.2) is 48.5 Å². The van der Waals surface area contributed by atoms with Crippen molar-refractivity contribution in [1.82, 2.24) is 10.2 Å². The van der Waals surface area contributed by atoms with E-state index in [1.807, 2.05) is 24.3 Å². The minimum absolute atomic E-state index is 0.0326. The van der Waals surface area contributed by atoms with Crippen molar-refractivity contribution in [2.75, 3.05) is 26.7 Å². The number of rotatable bonds is 7. The molecule has 0 bridgehead atoms. The van der Waals surface area contributed by atoms with Crippen molar-refractivity contribution < 1.29 is 14.5 Å². The first-order chi connectivity index (χ1) is 13.1. The molecule has 2 aromatic carbocycles. The number of nitrogens with zero attached hydrogens (tertiary/aromatic N) is 2. The van der Waals surface area contributed by atoms with E-state index in [0.717, 1.165) is 37.2 Å². The van der Waals surface area contributed by atoms with E-state index >= 15 is 0 Å². The number of nitrogens with one attached hydrogen (secondary N) is 1. The van der Waals surface area contributed by atoms with E-state index in [1.54, 1.807) is 13.2 Å². The highest BCUT2D eigenvalue weighted by Gasteiger charge is 2.24. The molecule has 1 fully saturated rings. The van der Waals surface area contributed by atoms with Gasteiger partial charge in [-0.25, -0.2) is 0 Å². The molecule has 0 radical (unpaired) electrons. The lowest BCUT2D eigenvalue weighted by molar-refractivity contribution is -0.384. The Morgan fingerprint density at radius 3 is 2.67 bits per heavy atom. The molecule has 0 spiro atoms. The minimum atomic E-state index is -0.500. The van der Waals surface area contributed by atoms with Crippen LogP contribution < -0.4 is 10.1 Å². The number of carbonyl (C=O) groups is 1. The van der Waals surface area contributed by atoms with Gasteiger partial charge in [-0.05, 0) is 49.7 Å². The molecule has 1 aliphatic rings. The van der Waals surface area contributed by atoms with Gasteiger partial charge in [0, 0.05) is 24.2 Å². The predicted molar refractivity (Wildman–Crippen MR) is 102 cm³/mol. The topological polar surface area (TPSA) is 84.7 Å². The van der Waals surface area contributed by atoms with Crippen LogP contribution in [-0.4, -0.2) is 42.5 Å². The quantitative estimate of drug-likeness (QED) is 0.598. The summed E-state index contributed by atoms with van der Waals surface area (Å²) in [5.41, 5.74) is 1.28. The Morgan fingerprint density at radius 1 is 1.22 bits per heavy atom. The molecule has 0 aliphatic carbocycles. The summed E-state index contributed by atoms with van der Waals surface area (Å²) in [5.74, 6) is 0.465. The van der Waals surface area contributed by atoms with Gasteiger partial charge in [-0.1, -0.05) is 18.2 Å². The first-order valence-electron chi connectivity index (χ1n) is 8.99. The Hall–Kier alpha value is -2.93. The van der Waals surface area contributed by atoms with Crippen molar-refractivity contribution in [3.8, 4) is 5.75 Å². The van der Waals surface area contributed by atoms with E-state index in [9.17, 15) is 14.9 Å². The van der Waals surface area contributed by atoms with Gasteiger partial charge in [0.25, 0.3) is 11.6 Å². The first kappa shape index (κ1) is 18.8.